The fraction of sp³-hybridized carbons (Fsp3) is 0. The maximum Gasteiger partial charge on any atom is 0.218 e. The van der Waals surface area contributed by atoms with Gasteiger partial charge < -0.3 is 4.42 Å². The number of nitrogens with zero attached hydrogens (tertiary/aromatic N) is 1. The van der Waals surface area contributed by atoms with Gasteiger partial charge in [0.2, 0.25) is 9.84 Å². The lowest BCUT2D eigenvalue weighted by Crippen LogP contribution is -2.04. The molecule has 0 N–H and O–H groups in total. The van der Waals surface area contributed by atoms with Gasteiger partial charge in [-0.1, -0.05) is 23.2 Å². The molecule has 4 nitrogen and oxygen atoms in total. The molecule has 1 aromatic heterocycles. The Morgan fingerprint density at radius 1 is 1.30 bits per heavy atom. The van der Waals surface area contributed by atoms with Gasteiger partial charge in [-0.2, -0.15) is 5.26 Å². The first-order valence-electron chi connectivity index (χ1n) is 5.30. The van der Waals surface area contributed by atoms with Gasteiger partial charge in [0.1, 0.15) is 11.8 Å². The third-order valence-electron chi connectivity index (χ3n) is 2.40. The lowest BCUT2D eigenvalue weighted by molar-refractivity contribution is 0.556. The van der Waals surface area contributed by atoms with Crippen LogP contribution in [0.2, 0.25) is 10.0 Å². The van der Waals surface area contributed by atoms with Gasteiger partial charge in [-0.25, -0.2) is 8.42 Å². The van der Waals surface area contributed by atoms with Crippen molar-refractivity contribution in [2.75, 3.05) is 0 Å². The van der Waals surface area contributed by atoms with Crippen LogP contribution in [-0.2, 0) is 9.84 Å². The Balaban J connectivity index is 2.59. The molecule has 0 spiro atoms. The van der Waals surface area contributed by atoms with Gasteiger partial charge >= 0.3 is 0 Å². The highest BCUT2D eigenvalue weighted by Gasteiger charge is 2.24. The van der Waals surface area contributed by atoms with Crippen molar-refractivity contribution in [1.82, 2.24) is 0 Å². The van der Waals surface area contributed by atoms with Gasteiger partial charge in [0, 0.05) is 11.1 Å². The van der Waals surface area contributed by atoms with E-state index in [1.165, 1.54) is 30.5 Å². The normalized spacial score (nSPS) is 12.2. The van der Waals surface area contributed by atoms with Crippen LogP contribution in [0, 0.1) is 11.3 Å². The average molecular weight is 328 g/mol. The number of benzene rings is 1. The second-order valence-electron chi connectivity index (χ2n) is 3.71. The first-order chi connectivity index (χ1) is 9.45. The van der Waals surface area contributed by atoms with Crippen molar-refractivity contribution in [3.05, 3.63) is 57.3 Å². The summed E-state index contributed by atoms with van der Waals surface area (Å²) in [4.78, 5) is -0.692. The zero-order valence-electron chi connectivity index (χ0n) is 9.88. The monoisotopic (exact) mass is 327 g/mol. The Kier molecular flexibility index (Phi) is 4.19. The second kappa shape index (κ2) is 5.71. The topological polar surface area (TPSA) is 71.1 Å². The van der Waals surface area contributed by atoms with Crippen LogP contribution in [-0.4, -0.2) is 8.42 Å². The number of hydrogen-bond donors (Lipinski definition) is 0. The molecule has 0 aliphatic rings. The third kappa shape index (κ3) is 2.88. The Hall–Kier alpha value is -1.74. The summed E-state index contributed by atoms with van der Waals surface area (Å²) < 4.78 is 29.8. The Morgan fingerprint density at radius 2 is 2.05 bits per heavy atom. The summed E-state index contributed by atoms with van der Waals surface area (Å²) in [5.74, 6) is 0.253. The quantitative estimate of drug-likeness (QED) is 0.801. The van der Waals surface area contributed by atoms with Crippen molar-refractivity contribution < 1.29 is 12.8 Å². The van der Waals surface area contributed by atoms with Crippen molar-refractivity contribution in [2.45, 2.75) is 4.90 Å². The van der Waals surface area contributed by atoms with E-state index in [-0.39, 0.29) is 20.7 Å². The van der Waals surface area contributed by atoms with Gasteiger partial charge in [-0.3, -0.25) is 0 Å². The van der Waals surface area contributed by atoms with E-state index in [4.69, 9.17) is 32.9 Å². The Bertz CT molecular complexity index is 803. The van der Waals surface area contributed by atoms with Gasteiger partial charge in [0.25, 0.3) is 0 Å². The van der Waals surface area contributed by atoms with Gasteiger partial charge in [-0.15, -0.1) is 0 Å². The molecule has 1 aromatic carbocycles. The number of nitriles is 1. The molecule has 0 aliphatic heterocycles. The lowest BCUT2D eigenvalue weighted by Gasteiger charge is -2.05. The zero-order chi connectivity index (χ0) is 14.8. The van der Waals surface area contributed by atoms with Crippen molar-refractivity contribution in [3.63, 3.8) is 0 Å². The fourth-order valence-electron chi connectivity index (χ4n) is 1.47. The maximum absolute atomic E-state index is 12.4. The number of sulfone groups is 1. The summed E-state index contributed by atoms with van der Waals surface area (Å²) in [6.07, 6.45) is 2.51. The number of hydrogen-bond acceptors (Lipinski definition) is 4. The van der Waals surface area contributed by atoms with E-state index >= 15 is 0 Å². The van der Waals surface area contributed by atoms with E-state index in [2.05, 4.69) is 0 Å². The molecule has 7 heteroatoms. The molecule has 0 fully saturated rings. The third-order valence-corrected chi connectivity index (χ3v) is 4.78. The molecule has 0 radical (unpaired) electrons. The summed E-state index contributed by atoms with van der Waals surface area (Å²) in [5, 5.41) is 9.27. The van der Waals surface area contributed by atoms with Crippen molar-refractivity contribution in [1.29, 1.82) is 5.26 Å². The van der Waals surface area contributed by atoms with E-state index in [0.717, 1.165) is 6.08 Å². The van der Waals surface area contributed by atoms with Gasteiger partial charge in [-0.05, 0) is 30.3 Å². The van der Waals surface area contributed by atoms with E-state index in [1.807, 2.05) is 0 Å². The molecular weight excluding hydrogens is 321 g/mol. The highest BCUT2D eigenvalue weighted by atomic mass is 35.5. The fourth-order valence-corrected chi connectivity index (χ4v) is 3.37. The standard InChI is InChI=1S/C13H7Cl2NO3S/c14-9-3-4-12(15)13(6-9)20(17,18)11(8-16)7-10-2-1-5-19-10/h1-7H/b11-7-. The zero-order valence-corrected chi connectivity index (χ0v) is 12.2. The molecule has 2 aromatic rings. The Labute approximate surface area is 125 Å². The summed E-state index contributed by atoms with van der Waals surface area (Å²) in [6, 6.07) is 8.78. The van der Waals surface area contributed by atoms with Crippen LogP contribution in [0.25, 0.3) is 6.08 Å². The molecule has 0 bridgehead atoms. The molecule has 2 rings (SSSR count). The van der Waals surface area contributed by atoms with Crippen molar-refractivity contribution >= 4 is 39.1 Å². The Morgan fingerprint density at radius 3 is 2.65 bits per heavy atom. The molecule has 0 saturated carbocycles. The van der Waals surface area contributed by atoms with Crippen LogP contribution >= 0.6 is 23.2 Å². The van der Waals surface area contributed by atoms with E-state index in [1.54, 1.807) is 12.1 Å². The minimum absolute atomic E-state index is 0.00463. The number of allylic oxidation sites excluding steroid dienone is 1. The summed E-state index contributed by atoms with van der Waals surface area (Å²) in [6.45, 7) is 0. The molecule has 102 valence electrons. The molecule has 0 amide bonds. The summed E-state index contributed by atoms with van der Waals surface area (Å²) >= 11 is 11.6. The van der Waals surface area contributed by atoms with Crippen molar-refractivity contribution in [2.24, 2.45) is 0 Å². The van der Waals surface area contributed by atoms with Crippen LogP contribution in [0.3, 0.4) is 0 Å². The molecule has 0 atom stereocenters. The average Bonchev–Trinajstić information content (AvgIpc) is 2.91. The number of furan rings is 1. The summed E-state index contributed by atoms with van der Waals surface area (Å²) in [7, 11) is -4.06. The second-order valence-corrected chi connectivity index (χ2v) is 6.44. The molecule has 20 heavy (non-hydrogen) atoms. The van der Waals surface area contributed by atoms with E-state index < -0.39 is 14.7 Å². The highest BCUT2D eigenvalue weighted by molar-refractivity contribution is 7.95. The molecule has 0 saturated heterocycles. The maximum atomic E-state index is 12.4. The van der Waals surface area contributed by atoms with Crippen LogP contribution in [0.5, 0.6) is 0 Å². The van der Waals surface area contributed by atoms with Gasteiger partial charge in [0.15, 0.2) is 4.91 Å². The smallest absolute Gasteiger partial charge is 0.218 e. The number of halogens is 2. The van der Waals surface area contributed by atoms with Crippen LogP contribution in [0.4, 0.5) is 0 Å². The van der Waals surface area contributed by atoms with E-state index in [0.29, 0.717) is 0 Å². The first kappa shape index (κ1) is 14.7. The van der Waals surface area contributed by atoms with E-state index in [9.17, 15) is 8.42 Å². The largest absolute Gasteiger partial charge is 0.465 e. The molecule has 1 heterocycles. The highest BCUT2D eigenvalue weighted by Crippen LogP contribution is 2.30. The molecular formula is C13H7Cl2NO3S. The lowest BCUT2D eigenvalue weighted by atomic mass is 10.4. The van der Waals surface area contributed by atoms with Crippen LogP contribution in [0.15, 0.2) is 50.8 Å². The SMILES string of the molecule is N#C/C(=C/c1ccco1)S(=O)(=O)c1cc(Cl)ccc1Cl. The van der Waals surface area contributed by atoms with Crippen molar-refractivity contribution in [3.8, 4) is 6.07 Å². The number of rotatable bonds is 3. The minimum Gasteiger partial charge on any atom is -0.465 e. The van der Waals surface area contributed by atoms with Gasteiger partial charge in [0.05, 0.1) is 16.2 Å². The predicted molar refractivity (Wildman–Crippen MR) is 75.9 cm³/mol. The molecule has 0 aliphatic carbocycles. The predicted octanol–water partition coefficient (Wildman–Crippen LogP) is 3.92. The molecule has 0 unspecified atom stereocenters. The minimum atomic E-state index is -4.06. The summed E-state index contributed by atoms with van der Waals surface area (Å²) in [5.41, 5.74) is 0. The van der Waals surface area contributed by atoms with Crippen LogP contribution in [0.1, 0.15) is 5.76 Å². The first-order valence-corrected chi connectivity index (χ1v) is 7.54. The van der Waals surface area contributed by atoms with Crippen LogP contribution < -0.4 is 0 Å².